The summed E-state index contributed by atoms with van der Waals surface area (Å²) in [5.41, 5.74) is 2.06. The summed E-state index contributed by atoms with van der Waals surface area (Å²) in [5.74, 6) is -0.683. The maximum atomic E-state index is 12.9. The van der Waals surface area contributed by atoms with Crippen molar-refractivity contribution < 1.29 is 22.8 Å². The largest absolute Gasteiger partial charge is 0.433 e. The molecule has 33 heavy (non-hydrogen) atoms. The highest BCUT2D eigenvalue weighted by Crippen LogP contribution is 2.54. The molecule has 0 radical (unpaired) electrons. The topological polar surface area (TPSA) is 116 Å². The van der Waals surface area contributed by atoms with E-state index in [1.54, 1.807) is 19.2 Å². The Kier molecular flexibility index (Phi) is 5.51. The van der Waals surface area contributed by atoms with Gasteiger partial charge in [-0.2, -0.15) is 18.3 Å². The van der Waals surface area contributed by atoms with E-state index >= 15 is 0 Å². The first kappa shape index (κ1) is 22.6. The second kappa shape index (κ2) is 8.05. The molecule has 0 spiro atoms. The number of rotatable bonds is 6. The van der Waals surface area contributed by atoms with Crippen LogP contribution in [-0.4, -0.2) is 39.0 Å². The molecule has 0 saturated heterocycles. The normalized spacial score (nSPS) is 15.7. The van der Waals surface area contributed by atoms with Crippen LogP contribution < -0.4 is 10.6 Å². The third-order valence-electron chi connectivity index (χ3n) is 6.11. The lowest BCUT2D eigenvalue weighted by molar-refractivity contribution is -0.141. The number of nitrogens with zero attached hydrogens (tertiary/aromatic N) is 2. The standard InChI is InChI=1S/C22H23F3N6O2/c1-11-14(21(6-7-21)13-4-5-17(27-9-13)22(23,24)25)10-28-18(11)20(33)29-12(2)15-8-16(31-30-15)19(32)26-3/h4-5,8-10,12,28H,6-7H2,1-3H3,(H,26,32)(H,29,33)(H,30,31). The first-order chi connectivity index (χ1) is 15.6. The van der Waals surface area contributed by atoms with E-state index in [1.807, 2.05) is 6.92 Å². The second-order valence-electron chi connectivity index (χ2n) is 8.20. The van der Waals surface area contributed by atoms with Crippen LogP contribution in [0, 0.1) is 6.92 Å². The summed E-state index contributed by atoms with van der Waals surface area (Å²) in [6, 6.07) is 3.57. The van der Waals surface area contributed by atoms with Crippen LogP contribution in [0.25, 0.3) is 0 Å². The molecule has 3 aromatic heterocycles. The Balaban J connectivity index is 1.52. The molecular formula is C22H23F3N6O2. The summed E-state index contributed by atoms with van der Waals surface area (Å²) in [7, 11) is 1.50. The second-order valence-corrected chi connectivity index (χ2v) is 8.20. The monoisotopic (exact) mass is 460 g/mol. The fourth-order valence-electron chi connectivity index (χ4n) is 4.06. The molecule has 8 nitrogen and oxygen atoms in total. The van der Waals surface area contributed by atoms with E-state index in [0.717, 1.165) is 30.0 Å². The smallest absolute Gasteiger partial charge is 0.357 e. The highest BCUT2D eigenvalue weighted by Gasteiger charge is 2.48. The molecule has 4 N–H and O–H groups in total. The third-order valence-corrected chi connectivity index (χ3v) is 6.11. The molecular weight excluding hydrogens is 437 g/mol. The van der Waals surface area contributed by atoms with Crippen molar-refractivity contribution in [3.63, 3.8) is 0 Å². The number of alkyl halides is 3. The fourth-order valence-corrected chi connectivity index (χ4v) is 4.06. The molecule has 1 aliphatic carbocycles. The molecule has 0 aromatic carbocycles. The van der Waals surface area contributed by atoms with E-state index in [4.69, 9.17) is 0 Å². The van der Waals surface area contributed by atoms with Crippen molar-refractivity contribution in [3.8, 4) is 0 Å². The molecule has 1 aliphatic rings. The zero-order chi connectivity index (χ0) is 24.0. The number of H-pyrrole nitrogens is 2. The Bertz CT molecular complexity index is 1190. The predicted octanol–water partition coefficient (Wildman–Crippen LogP) is 3.39. The average molecular weight is 460 g/mol. The minimum Gasteiger partial charge on any atom is -0.357 e. The van der Waals surface area contributed by atoms with Crippen LogP contribution in [-0.2, 0) is 11.6 Å². The van der Waals surface area contributed by atoms with Gasteiger partial charge in [0.2, 0.25) is 0 Å². The van der Waals surface area contributed by atoms with E-state index in [-0.39, 0.29) is 17.5 Å². The first-order valence-electron chi connectivity index (χ1n) is 10.4. The zero-order valence-corrected chi connectivity index (χ0v) is 18.2. The van der Waals surface area contributed by atoms with Crippen molar-refractivity contribution in [2.24, 2.45) is 0 Å². The van der Waals surface area contributed by atoms with Crippen molar-refractivity contribution in [2.45, 2.75) is 44.3 Å². The Labute approximate surface area is 187 Å². The van der Waals surface area contributed by atoms with Crippen molar-refractivity contribution in [2.75, 3.05) is 7.05 Å². The highest BCUT2D eigenvalue weighted by molar-refractivity contribution is 5.95. The van der Waals surface area contributed by atoms with Gasteiger partial charge < -0.3 is 15.6 Å². The molecule has 3 aromatic rings. The Morgan fingerprint density at radius 1 is 1.21 bits per heavy atom. The van der Waals surface area contributed by atoms with Crippen LogP contribution in [0.3, 0.4) is 0 Å². The number of halogens is 3. The van der Waals surface area contributed by atoms with Crippen LogP contribution >= 0.6 is 0 Å². The van der Waals surface area contributed by atoms with Gasteiger partial charge in [-0.3, -0.25) is 19.7 Å². The van der Waals surface area contributed by atoms with Gasteiger partial charge in [-0.15, -0.1) is 0 Å². The van der Waals surface area contributed by atoms with Crippen LogP contribution in [0.15, 0.2) is 30.6 Å². The number of nitrogens with one attached hydrogen (secondary N) is 4. The van der Waals surface area contributed by atoms with Crippen molar-refractivity contribution in [1.29, 1.82) is 0 Å². The number of pyridine rings is 1. The Morgan fingerprint density at radius 2 is 1.94 bits per heavy atom. The van der Waals surface area contributed by atoms with Gasteiger partial charge in [-0.1, -0.05) is 6.07 Å². The number of carbonyl (C=O) groups is 2. The lowest BCUT2D eigenvalue weighted by Gasteiger charge is -2.17. The number of amides is 2. The van der Waals surface area contributed by atoms with Crippen molar-refractivity contribution in [3.05, 3.63) is 70.1 Å². The quantitative estimate of drug-likeness (QED) is 0.451. The molecule has 1 unspecified atom stereocenters. The molecule has 0 aliphatic heterocycles. The minimum atomic E-state index is -4.49. The van der Waals surface area contributed by atoms with Gasteiger partial charge in [0.1, 0.15) is 17.1 Å². The van der Waals surface area contributed by atoms with Gasteiger partial charge >= 0.3 is 6.18 Å². The molecule has 174 valence electrons. The first-order valence-corrected chi connectivity index (χ1v) is 10.4. The lowest BCUT2D eigenvalue weighted by atomic mass is 9.88. The molecule has 3 heterocycles. The van der Waals surface area contributed by atoms with Crippen LogP contribution in [0.4, 0.5) is 13.2 Å². The summed E-state index contributed by atoms with van der Waals surface area (Å²) in [4.78, 5) is 31.2. The van der Waals surface area contributed by atoms with E-state index in [9.17, 15) is 22.8 Å². The van der Waals surface area contributed by atoms with Gasteiger partial charge in [0, 0.05) is 24.9 Å². The SMILES string of the molecule is CNC(=O)c1cc(C(C)NC(=O)c2[nH]cc(C3(c4ccc(C(F)(F)F)nc4)CC3)c2C)[nH]n1. The number of hydrogen-bond donors (Lipinski definition) is 4. The molecule has 1 atom stereocenters. The van der Waals surface area contributed by atoms with Gasteiger partial charge in [-0.25, -0.2) is 0 Å². The van der Waals surface area contributed by atoms with Crippen LogP contribution in [0.2, 0.25) is 0 Å². The minimum absolute atomic E-state index is 0.216. The van der Waals surface area contributed by atoms with Gasteiger partial charge in [0.25, 0.3) is 11.8 Å². The number of aromatic amines is 2. The molecule has 1 fully saturated rings. The fraction of sp³-hybridized carbons (Fsp3) is 0.364. The van der Waals surface area contributed by atoms with E-state index in [1.165, 1.54) is 19.3 Å². The summed E-state index contributed by atoms with van der Waals surface area (Å²) in [6.45, 7) is 3.57. The maximum absolute atomic E-state index is 12.9. The van der Waals surface area contributed by atoms with E-state index < -0.39 is 23.3 Å². The molecule has 1 saturated carbocycles. The predicted molar refractivity (Wildman–Crippen MR) is 113 cm³/mol. The number of hydrogen-bond acceptors (Lipinski definition) is 4. The van der Waals surface area contributed by atoms with Crippen molar-refractivity contribution >= 4 is 11.8 Å². The lowest BCUT2D eigenvalue weighted by Crippen LogP contribution is -2.28. The van der Waals surface area contributed by atoms with Crippen molar-refractivity contribution in [1.82, 2.24) is 30.8 Å². The Hall–Kier alpha value is -3.63. The van der Waals surface area contributed by atoms with E-state index in [0.29, 0.717) is 17.0 Å². The Morgan fingerprint density at radius 3 is 2.52 bits per heavy atom. The van der Waals surface area contributed by atoms with Gasteiger partial charge in [-0.05, 0) is 55.5 Å². The van der Waals surface area contributed by atoms with Gasteiger partial charge in [0.15, 0.2) is 0 Å². The van der Waals surface area contributed by atoms with Crippen LogP contribution in [0.1, 0.15) is 74.9 Å². The summed E-state index contributed by atoms with van der Waals surface area (Å²) >= 11 is 0. The number of aromatic nitrogens is 4. The number of carbonyl (C=O) groups excluding carboxylic acids is 2. The average Bonchev–Trinajstić information content (AvgIpc) is 3.24. The molecule has 2 amide bonds. The van der Waals surface area contributed by atoms with Gasteiger partial charge in [0.05, 0.1) is 11.7 Å². The zero-order valence-electron chi connectivity index (χ0n) is 18.2. The summed E-state index contributed by atoms with van der Waals surface area (Å²) in [5, 5.41) is 12.0. The third kappa shape index (κ3) is 4.10. The highest BCUT2D eigenvalue weighted by atomic mass is 19.4. The van der Waals surface area contributed by atoms with E-state index in [2.05, 4.69) is 30.8 Å². The maximum Gasteiger partial charge on any atom is 0.433 e. The van der Waals surface area contributed by atoms with Crippen LogP contribution in [0.5, 0.6) is 0 Å². The molecule has 0 bridgehead atoms. The summed E-state index contributed by atoms with van der Waals surface area (Å²) in [6.07, 6.45) is 0.0298. The molecule has 4 rings (SSSR count). The molecule has 11 heteroatoms. The summed E-state index contributed by atoms with van der Waals surface area (Å²) < 4.78 is 38.6.